The van der Waals surface area contributed by atoms with Gasteiger partial charge in [-0.3, -0.25) is 0 Å². The Bertz CT molecular complexity index is 879. The Morgan fingerprint density at radius 1 is 1.18 bits per heavy atom. The molecule has 148 valence electrons. The van der Waals surface area contributed by atoms with Crippen LogP contribution in [-0.2, 0) is 10.3 Å². The van der Waals surface area contributed by atoms with E-state index in [1.807, 2.05) is 37.3 Å². The van der Waals surface area contributed by atoms with Crippen LogP contribution in [0.4, 0.5) is 5.69 Å². The van der Waals surface area contributed by atoms with Crippen LogP contribution < -0.4 is 10.6 Å². The van der Waals surface area contributed by atoms with Crippen molar-refractivity contribution in [2.75, 3.05) is 11.9 Å². The third-order valence-corrected chi connectivity index (χ3v) is 5.81. The average Bonchev–Trinajstić information content (AvgIpc) is 3.13. The summed E-state index contributed by atoms with van der Waals surface area (Å²) >= 11 is 12.1. The van der Waals surface area contributed by atoms with Crippen LogP contribution in [0.15, 0.2) is 42.5 Å². The molecule has 0 spiro atoms. The van der Waals surface area contributed by atoms with E-state index >= 15 is 0 Å². The smallest absolute Gasteiger partial charge is 0.338 e. The minimum atomic E-state index is -0.328. The standard InChI is InChI=1S/C22H25ClN2O2S/c1-3-27-20(26)16-9-8-12-19(15(16)2)24-21(28)25-22(13-6-7-14-22)17-10-4-5-11-18(17)23/h4-5,8-12H,3,6-7,13-14H2,1-2H3,(H2,24,25,28). The van der Waals surface area contributed by atoms with Crippen molar-refractivity contribution in [2.24, 2.45) is 0 Å². The first kappa shape index (κ1) is 20.6. The summed E-state index contributed by atoms with van der Waals surface area (Å²) in [7, 11) is 0. The van der Waals surface area contributed by atoms with Crippen molar-refractivity contribution in [1.82, 2.24) is 5.32 Å². The number of anilines is 1. The first-order valence-corrected chi connectivity index (χ1v) is 10.4. The second-order valence-electron chi connectivity index (χ2n) is 7.05. The number of rotatable bonds is 5. The van der Waals surface area contributed by atoms with E-state index in [-0.39, 0.29) is 11.5 Å². The van der Waals surface area contributed by atoms with Gasteiger partial charge in [-0.05, 0) is 68.2 Å². The molecule has 0 radical (unpaired) electrons. The molecule has 0 aromatic heterocycles. The zero-order chi connectivity index (χ0) is 20.1. The molecular formula is C22H25ClN2O2S. The lowest BCUT2D eigenvalue weighted by molar-refractivity contribution is 0.0525. The van der Waals surface area contributed by atoms with Crippen molar-refractivity contribution in [3.8, 4) is 0 Å². The number of carbonyl (C=O) groups excluding carboxylic acids is 1. The molecule has 4 nitrogen and oxygen atoms in total. The van der Waals surface area contributed by atoms with Gasteiger partial charge >= 0.3 is 5.97 Å². The van der Waals surface area contributed by atoms with Crippen LogP contribution in [-0.4, -0.2) is 17.7 Å². The van der Waals surface area contributed by atoms with E-state index < -0.39 is 0 Å². The number of carbonyl (C=O) groups is 1. The number of esters is 1. The Balaban J connectivity index is 1.81. The highest BCUT2D eigenvalue weighted by molar-refractivity contribution is 7.80. The van der Waals surface area contributed by atoms with Gasteiger partial charge in [-0.25, -0.2) is 4.79 Å². The monoisotopic (exact) mass is 416 g/mol. The molecule has 0 bridgehead atoms. The normalized spacial score (nSPS) is 15.1. The molecule has 0 aliphatic heterocycles. The van der Waals surface area contributed by atoms with E-state index in [9.17, 15) is 4.79 Å². The maximum absolute atomic E-state index is 12.1. The molecule has 0 unspecified atom stereocenters. The van der Waals surface area contributed by atoms with Crippen molar-refractivity contribution < 1.29 is 9.53 Å². The minimum absolute atomic E-state index is 0.269. The van der Waals surface area contributed by atoms with Crippen LogP contribution in [0.2, 0.25) is 5.02 Å². The summed E-state index contributed by atoms with van der Waals surface area (Å²) < 4.78 is 5.13. The number of thiocarbonyl (C=S) groups is 1. The maximum atomic E-state index is 12.1. The van der Waals surface area contributed by atoms with Crippen LogP contribution in [0.1, 0.15) is 54.1 Å². The second-order valence-corrected chi connectivity index (χ2v) is 7.86. The second kappa shape index (κ2) is 8.93. The highest BCUT2D eigenvalue weighted by atomic mass is 35.5. The fourth-order valence-electron chi connectivity index (χ4n) is 3.86. The minimum Gasteiger partial charge on any atom is -0.462 e. The van der Waals surface area contributed by atoms with E-state index in [0.717, 1.165) is 47.5 Å². The quantitative estimate of drug-likeness (QED) is 0.492. The first-order valence-electron chi connectivity index (χ1n) is 9.58. The van der Waals surface area contributed by atoms with Crippen LogP contribution in [0.5, 0.6) is 0 Å². The third kappa shape index (κ3) is 4.31. The fraction of sp³-hybridized carbons (Fsp3) is 0.364. The summed E-state index contributed by atoms with van der Waals surface area (Å²) in [5.41, 5.74) is 2.94. The van der Waals surface area contributed by atoms with Gasteiger partial charge in [0.15, 0.2) is 5.11 Å². The molecule has 3 rings (SSSR count). The van der Waals surface area contributed by atoms with E-state index in [4.69, 9.17) is 28.6 Å². The van der Waals surface area contributed by atoms with Gasteiger partial charge in [-0.2, -0.15) is 0 Å². The number of ether oxygens (including phenoxy) is 1. The Kier molecular flexibility index (Phi) is 6.57. The molecule has 0 saturated heterocycles. The molecule has 0 amide bonds. The molecule has 2 aromatic rings. The Labute approximate surface area is 176 Å². The first-order chi connectivity index (χ1) is 13.5. The number of halogens is 1. The summed E-state index contributed by atoms with van der Waals surface area (Å²) in [5, 5.41) is 8.05. The molecule has 0 heterocycles. The highest BCUT2D eigenvalue weighted by Gasteiger charge is 2.37. The maximum Gasteiger partial charge on any atom is 0.338 e. The van der Waals surface area contributed by atoms with Crippen molar-refractivity contribution in [3.63, 3.8) is 0 Å². The van der Waals surface area contributed by atoms with Crippen LogP contribution in [0.3, 0.4) is 0 Å². The van der Waals surface area contributed by atoms with Crippen molar-refractivity contribution in [3.05, 3.63) is 64.2 Å². The summed E-state index contributed by atoms with van der Waals surface area (Å²) in [6, 6.07) is 13.4. The SMILES string of the molecule is CCOC(=O)c1cccc(NC(=S)NC2(c3ccccc3Cl)CCCC2)c1C. The predicted octanol–water partition coefficient (Wildman–Crippen LogP) is 5.58. The van der Waals surface area contributed by atoms with E-state index in [1.54, 1.807) is 13.0 Å². The molecule has 1 aliphatic rings. The molecule has 1 saturated carbocycles. The van der Waals surface area contributed by atoms with Gasteiger partial charge in [0.2, 0.25) is 0 Å². The lowest BCUT2D eigenvalue weighted by atomic mass is 9.88. The predicted molar refractivity (Wildman–Crippen MR) is 118 cm³/mol. The van der Waals surface area contributed by atoms with Gasteiger partial charge in [0.05, 0.1) is 17.7 Å². The molecular weight excluding hydrogens is 392 g/mol. The molecule has 0 atom stereocenters. The van der Waals surface area contributed by atoms with Gasteiger partial charge in [-0.15, -0.1) is 0 Å². The molecule has 2 N–H and O–H groups in total. The largest absolute Gasteiger partial charge is 0.462 e. The summed E-state index contributed by atoms with van der Waals surface area (Å²) in [4.78, 5) is 12.1. The van der Waals surface area contributed by atoms with Crippen molar-refractivity contribution in [2.45, 2.75) is 45.1 Å². The third-order valence-electron chi connectivity index (χ3n) is 5.28. The zero-order valence-corrected chi connectivity index (χ0v) is 17.8. The molecule has 28 heavy (non-hydrogen) atoms. The Morgan fingerprint density at radius 3 is 2.57 bits per heavy atom. The van der Waals surface area contributed by atoms with Gasteiger partial charge in [0, 0.05) is 10.7 Å². The molecule has 6 heteroatoms. The van der Waals surface area contributed by atoms with Gasteiger partial charge in [0.25, 0.3) is 0 Å². The van der Waals surface area contributed by atoms with E-state index in [2.05, 4.69) is 16.7 Å². The summed E-state index contributed by atoms with van der Waals surface area (Å²) in [6.07, 6.45) is 4.19. The van der Waals surface area contributed by atoms with Crippen LogP contribution in [0, 0.1) is 6.92 Å². The summed E-state index contributed by atoms with van der Waals surface area (Å²) in [6.45, 7) is 4.02. The van der Waals surface area contributed by atoms with Crippen LogP contribution >= 0.6 is 23.8 Å². The zero-order valence-electron chi connectivity index (χ0n) is 16.2. The number of hydrogen-bond donors (Lipinski definition) is 2. The molecule has 1 fully saturated rings. The fourth-order valence-corrected chi connectivity index (χ4v) is 4.48. The number of benzene rings is 2. The topological polar surface area (TPSA) is 50.4 Å². The number of nitrogens with one attached hydrogen (secondary N) is 2. The highest BCUT2D eigenvalue weighted by Crippen LogP contribution is 2.41. The Morgan fingerprint density at radius 2 is 1.89 bits per heavy atom. The molecule has 1 aliphatic carbocycles. The van der Waals surface area contributed by atoms with Gasteiger partial charge < -0.3 is 15.4 Å². The van der Waals surface area contributed by atoms with E-state index in [1.165, 1.54) is 0 Å². The molecule has 2 aromatic carbocycles. The van der Waals surface area contributed by atoms with E-state index in [0.29, 0.717) is 17.3 Å². The average molecular weight is 417 g/mol. The Hall–Kier alpha value is -2.11. The summed E-state index contributed by atoms with van der Waals surface area (Å²) in [5.74, 6) is -0.328. The van der Waals surface area contributed by atoms with Crippen molar-refractivity contribution >= 4 is 40.6 Å². The lowest BCUT2D eigenvalue weighted by Gasteiger charge is -2.33. The van der Waals surface area contributed by atoms with Gasteiger partial charge in [0.1, 0.15) is 0 Å². The number of hydrogen-bond acceptors (Lipinski definition) is 3. The van der Waals surface area contributed by atoms with Crippen molar-refractivity contribution in [1.29, 1.82) is 0 Å². The van der Waals surface area contributed by atoms with Crippen LogP contribution in [0.25, 0.3) is 0 Å². The van der Waals surface area contributed by atoms with Gasteiger partial charge in [-0.1, -0.05) is 48.7 Å². The lowest BCUT2D eigenvalue weighted by Crippen LogP contribution is -2.46.